The van der Waals surface area contributed by atoms with Crippen molar-refractivity contribution >= 4 is 11.8 Å². The monoisotopic (exact) mass is 265 g/mol. The largest absolute Gasteiger partial charge is 0.496 e. The van der Waals surface area contributed by atoms with E-state index in [1.807, 2.05) is 11.8 Å². The van der Waals surface area contributed by atoms with Gasteiger partial charge in [-0.1, -0.05) is 26.8 Å². The number of rotatable bonds is 2. The van der Waals surface area contributed by atoms with E-state index in [-0.39, 0.29) is 5.41 Å². The second kappa shape index (κ2) is 5.54. The molecule has 1 heterocycles. The maximum Gasteiger partial charge on any atom is 0.122 e. The van der Waals surface area contributed by atoms with Crippen molar-refractivity contribution in [3.63, 3.8) is 0 Å². The molecule has 0 radical (unpaired) electrons. The number of hydrogen-bond donors (Lipinski definition) is 1. The molecule has 1 fully saturated rings. The lowest BCUT2D eigenvalue weighted by molar-refractivity contribution is 0.397. The second-order valence-corrected chi connectivity index (χ2v) is 6.94. The van der Waals surface area contributed by atoms with Gasteiger partial charge in [0.25, 0.3) is 0 Å². The highest BCUT2D eigenvalue weighted by atomic mass is 32.2. The average molecular weight is 265 g/mol. The molecule has 3 heteroatoms. The van der Waals surface area contributed by atoms with Crippen LogP contribution in [0.1, 0.15) is 37.9 Å². The van der Waals surface area contributed by atoms with Gasteiger partial charge in [-0.25, -0.2) is 0 Å². The zero-order chi connectivity index (χ0) is 13.2. The molecule has 2 rings (SSSR count). The van der Waals surface area contributed by atoms with Crippen LogP contribution in [0.15, 0.2) is 18.2 Å². The first kappa shape index (κ1) is 13.8. The van der Waals surface area contributed by atoms with E-state index in [2.05, 4.69) is 44.3 Å². The van der Waals surface area contributed by atoms with Crippen LogP contribution in [-0.4, -0.2) is 25.2 Å². The van der Waals surface area contributed by atoms with Crippen LogP contribution in [0.2, 0.25) is 0 Å². The molecule has 18 heavy (non-hydrogen) atoms. The summed E-state index contributed by atoms with van der Waals surface area (Å²) in [6.45, 7) is 7.80. The molecule has 0 saturated carbocycles. The van der Waals surface area contributed by atoms with Crippen molar-refractivity contribution < 1.29 is 4.74 Å². The molecule has 0 bridgehead atoms. The van der Waals surface area contributed by atoms with Crippen LogP contribution in [0.5, 0.6) is 5.75 Å². The van der Waals surface area contributed by atoms with E-state index in [0.29, 0.717) is 6.04 Å². The van der Waals surface area contributed by atoms with Gasteiger partial charge in [0, 0.05) is 24.1 Å². The van der Waals surface area contributed by atoms with E-state index in [4.69, 9.17) is 4.74 Å². The van der Waals surface area contributed by atoms with Crippen molar-refractivity contribution in [2.45, 2.75) is 32.2 Å². The fourth-order valence-corrected chi connectivity index (χ4v) is 3.28. The zero-order valence-electron chi connectivity index (χ0n) is 11.7. The van der Waals surface area contributed by atoms with Gasteiger partial charge in [-0.2, -0.15) is 11.8 Å². The number of ether oxygens (including phenoxy) is 1. The molecule has 0 aromatic heterocycles. The van der Waals surface area contributed by atoms with Gasteiger partial charge in [-0.15, -0.1) is 0 Å². The summed E-state index contributed by atoms with van der Waals surface area (Å²) in [6, 6.07) is 7.09. The Bertz CT molecular complexity index is 405. The average Bonchev–Trinajstić information content (AvgIpc) is 2.38. The first-order valence-electron chi connectivity index (χ1n) is 6.52. The molecule has 1 aromatic carbocycles. The SMILES string of the molecule is COc1ccc(C2CSCCN2)cc1C(C)(C)C. The zero-order valence-corrected chi connectivity index (χ0v) is 12.6. The summed E-state index contributed by atoms with van der Waals surface area (Å²) in [5, 5.41) is 3.59. The van der Waals surface area contributed by atoms with Gasteiger partial charge >= 0.3 is 0 Å². The Hall–Kier alpha value is -0.670. The normalized spacial score (nSPS) is 20.8. The van der Waals surface area contributed by atoms with Gasteiger partial charge in [0.2, 0.25) is 0 Å². The maximum atomic E-state index is 5.49. The van der Waals surface area contributed by atoms with Crippen molar-refractivity contribution in [1.82, 2.24) is 5.32 Å². The van der Waals surface area contributed by atoms with Crippen LogP contribution in [0.25, 0.3) is 0 Å². The highest BCUT2D eigenvalue weighted by Gasteiger charge is 2.22. The third-order valence-electron chi connectivity index (χ3n) is 3.36. The van der Waals surface area contributed by atoms with E-state index in [0.717, 1.165) is 18.0 Å². The predicted octanol–water partition coefficient (Wildman–Crippen LogP) is 3.37. The van der Waals surface area contributed by atoms with E-state index in [1.165, 1.54) is 16.9 Å². The van der Waals surface area contributed by atoms with Crippen LogP contribution < -0.4 is 10.1 Å². The summed E-state index contributed by atoms with van der Waals surface area (Å²) in [4.78, 5) is 0. The van der Waals surface area contributed by atoms with Crippen LogP contribution >= 0.6 is 11.8 Å². The Morgan fingerprint density at radius 2 is 2.11 bits per heavy atom. The van der Waals surface area contributed by atoms with Gasteiger partial charge in [0.1, 0.15) is 5.75 Å². The number of hydrogen-bond acceptors (Lipinski definition) is 3. The molecule has 1 aliphatic heterocycles. The molecule has 1 saturated heterocycles. The summed E-state index contributed by atoms with van der Waals surface area (Å²) < 4.78 is 5.49. The van der Waals surface area contributed by atoms with Crippen molar-refractivity contribution in [3.05, 3.63) is 29.3 Å². The summed E-state index contributed by atoms with van der Waals surface area (Å²) in [5.74, 6) is 3.38. The maximum absolute atomic E-state index is 5.49. The molecular weight excluding hydrogens is 242 g/mol. The smallest absolute Gasteiger partial charge is 0.122 e. The minimum absolute atomic E-state index is 0.114. The molecule has 100 valence electrons. The summed E-state index contributed by atoms with van der Waals surface area (Å²) in [5.41, 5.74) is 2.79. The first-order chi connectivity index (χ1) is 8.52. The molecule has 1 atom stereocenters. The lowest BCUT2D eigenvalue weighted by Crippen LogP contribution is -2.30. The summed E-state index contributed by atoms with van der Waals surface area (Å²) in [7, 11) is 1.75. The lowest BCUT2D eigenvalue weighted by Gasteiger charge is -2.27. The highest BCUT2D eigenvalue weighted by molar-refractivity contribution is 7.99. The third kappa shape index (κ3) is 3.01. The number of thioether (sulfide) groups is 1. The van der Waals surface area contributed by atoms with Crippen molar-refractivity contribution in [2.24, 2.45) is 0 Å². The first-order valence-corrected chi connectivity index (χ1v) is 7.67. The van der Waals surface area contributed by atoms with Crippen molar-refractivity contribution in [1.29, 1.82) is 0 Å². The minimum atomic E-state index is 0.114. The van der Waals surface area contributed by atoms with Gasteiger partial charge in [-0.05, 0) is 28.7 Å². The van der Waals surface area contributed by atoms with Crippen molar-refractivity contribution in [3.8, 4) is 5.75 Å². The molecule has 2 nitrogen and oxygen atoms in total. The summed E-state index contributed by atoms with van der Waals surface area (Å²) in [6.07, 6.45) is 0. The molecule has 0 aliphatic carbocycles. The van der Waals surface area contributed by atoms with Crippen LogP contribution in [-0.2, 0) is 5.41 Å². The summed E-state index contributed by atoms with van der Waals surface area (Å²) >= 11 is 2.03. The topological polar surface area (TPSA) is 21.3 Å². The van der Waals surface area contributed by atoms with E-state index in [9.17, 15) is 0 Å². The number of nitrogens with one attached hydrogen (secondary N) is 1. The van der Waals surface area contributed by atoms with E-state index < -0.39 is 0 Å². The van der Waals surface area contributed by atoms with E-state index in [1.54, 1.807) is 7.11 Å². The number of benzene rings is 1. The molecule has 1 aromatic rings. The fraction of sp³-hybridized carbons (Fsp3) is 0.600. The molecule has 0 spiro atoms. The third-order valence-corrected chi connectivity index (χ3v) is 4.42. The van der Waals surface area contributed by atoms with Gasteiger partial charge in [-0.3, -0.25) is 0 Å². The highest BCUT2D eigenvalue weighted by Crippen LogP contribution is 2.34. The minimum Gasteiger partial charge on any atom is -0.496 e. The van der Waals surface area contributed by atoms with Gasteiger partial charge < -0.3 is 10.1 Å². The Morgan fingerprint density at radius 3 is 2.67 bits per heavy atom. The van der Waals surface area contributed by atoms with Crippen LogP contribution in [0.4, 0.5) is 0 Å². The lowest BCUT2D eigenvalue weighted by atomic mass is 9.84. The Morgan fingerprint density at radius 1 is 1.33 bits per heavy atom. The van der Waals surface area contributed by atoms with Crippen molar-refractivity contribution in [2.75, 3.05) is 25.2 Å². The number of methoxy groups -OCH3 is 1. The molecule has 0 amide bonds. The molecule has 1 N–H and O–H groups in total. The quantitative estimate of drug-likeness (QED) is 0.886. The van der Waals surface area contributed by atoms with Crippen LogP contribution in [0, 0.1) is 0 Å². The fourth-order valence-electron chi connectivity index (χ4n) is 2.31. The predicted molar refractivity (Wildman–Crippen MR) is 79.8 cm³/mol. The van der Waals surface area contributed by atoms with Gasteiger partial charge in [0.05, 0.1) is 7.11 Å². The Kier molecular flexibility index (Phi) is 4.23. The van der Waals surface area contributed by atoms with E-state index >= 15 is 0 Å². The Labute approximate surface area is 114 Å². The van der Waals surface area contributed by atoms with Crippen LogP contribution in [0.3, 0.4) is 0 Å². The molecular formula is C15H23NOS. The molecule has 1 unspecified atom stereocenters. The standard InChI is InChI=1S/C15H23NOS/c1-15(2,3)12-9-11(5-6-14(12)17-4)13-10-18-8-7-16-13/h5-6,9,13,16H,7-8,10H2,1-4H3. The molecule has 1 aliphatic rings. The van der Waals surface area contributed by atoms with Gasteiger partial charge in [0.15, 0.2) is 0 Å². The Balaban J connectivity index is 2.33. The second-order valence-electron chi connectivity index (χ2n) is 5.79.